The number of rotatable bonds is 4. The van der Waals surface area contributed by atoms with Gasteiger partial charge in [-0.2, -0.15) is 0 Å². The maximum absolute atomic E-state index is 13.4. The third-order valence-corrected chi connectivity index (χ3v) is 5.25. The molecule has 1 aliphatic rings. The van der Waals surface area contributed by atoms with Gasteiger partial charge in [0, 0.05) is 49.8 Å². The predicted octanol–water partition coefficient (Wildman–Crippen LogP) is 2.94. The van der Waals surface area contributed by atoms with Crippen molar-refractivity contribution in [3.63, 3.8) is 0 Å². The molecule has 4 rings (SSSR count). The molecule has 3 amide bonds. The van der Waals surface area contributed by atoms with Crippen LogP contribution in [-0.2, 0) is 17.6 Å². The number of urea groups is 1. The maximum Gasteiger partial charge on any atom is 0.317 e. The lowest BCUT2D eigenvalue weighted by Crippen LogP contribution is -2.51. The molecule has 2 aromatic carbocycles. The number of hydrogen-bond acceptors (Lipinski definition) is 2. The number of hydrogen-bond donors (Lipinski definition) is 2. The van der Waals surface area contributed by atoms with E-state index in [1.165, 1.54) is 10.5 Å². The first-order valence-electron chi connectivity index (χ1n) is 9.46. The fourth-order valence-electron chi connectivity index (χ4n) is 3.75. The lowest BCUT2D eigenvalue weighted by atomic mass is 10.0. The van der Waals surface area contributed by atoms with Crippen molar-refractivity contribution in [2.24, 2.45) is 0 Å². The van der Waals surface area contributed by atoms with Crippen LogP contribution in [0.25, 0.3) is 10.9 Å². The molecule has 1 aliphatic heterocycles. The van der Waals surface area contributed by atoms with Gasteiger partial charge in [0.05, 0.1) is 0 Å². The normalized spacial score (nSPS) is 14.0. The van der Waals surface area contributed by atoms with E-state index in [1.54, 1.807) is 19.0 Å². The standard InChI is InChI=1S/C22H24N4O2/c1-25(2)22(28)24-19(13-16-14-23-18-9-5-4-8-17(16)18)21(27)26-12-11-15-7-3-6-10-20(15)26/h3-10,14,19,23H,11-13H2,1-2H3,(H,24,28)/t19-/m0/s1. The summed E-state index contributed by atoms with van der Waals surface area (Å²) in [6.45, 7) is 0.639. The molecule has 0 saturated carbocycles. The number of benzene rings is 2. The molecule has 0 saturated heterocycles. The molecule has 2 N–H and O–H groups in total. The minimum atomic E-state index is -0.639. The summed E-state index contributed by atoms with van der Waals surface area (Å²) in [4.78, 5) is 32.3. The Balaban J connectivity index is 1.64. The highest BCUT2D eigenvalue weighted by atomic mass is 16.2. The van der Waals surface area contributed by atoms with Crippen LogP contribution in [-0.4, -0.2) is 48.5 Å². The van der Waals surface area contributed by atoms with Crippen molar-refractivity contribution in [2.75, 3.05) is 25.5 Å². The zero-order valence-electron chi connectivity index (χ0n) is 16.1. The van der Waals surface area contributed by atoms with Gasteiger partial charge in [-0.1, -0.05) is 36.4 Å². The Hall–Kier alpha value is -3.28. The number of aromatic amines is 1. The van der Waals surface area contributed by atoms with Crippen molar-refractivity contribution in [1.29, 1.82) is 0 Å². The molecule has 6 nitrogen and oxygen atoms in total. The van der Waals surface area contributed by atoms with Crippen LogP contribution in [0.4, 0.5) is 10.5 Å². The Morgan fingerprint density at radius 2 is 1.89 bits per heavy atom. The van der Waals surface area contributed by atoms with E-state index in [2.05, 4.69) is 16.4 Å². The van der Waals surface area contributed by atoms with Gasteiger partial charge in [-0.3, -0.25) is 4.79 Å². The number of aromatic nitrogens is 1. The van der Waals surface area contributed by atoms with Gasteiger partial charge in [-0.25, -0.2) is 4.79 Å². The number of carbonyl (C=O) groups is 2. The average Bonchev–Trinajstić information content (AvgIpc) is 3.31. The molecule has 0 spiro atoms. The first kappa shape index (κ1) is 18.1. The maximum atomic E-state index is 13.4. The van der Waals surface area contributed by atoms with Crippen molar-refractivity contribution >= 4 is 28.5 Å². The number of carbonyl (C=O) groups excluding carboxylic acids is 2. The van der Waals surface area contributed by atoms with Gasteiger partial charge in [0.25, 0.3) is 0 Å². The minimum absolute atomic E-state index is 0.0783. The van der Waals surface area contributed by atoms with E-state index in [-0.39, 0.29) is 11.9 Å². The van der Waals surface area contributed by atoms with Crippen LogP contribution in [0.5, 0.6) is 0 Å². The van der Waals surface area contributed by atoms with Crippen LogP contribution in [0.2, 0.25) is 0 Å². The molecule has 6 heteroatoms. The minimum Gasteiger partial charge on any atom is -0.361 e. The smallest absolute Gasteiger partial charge is 0.317 e. The molecule has 0 fully saturated rings. The van der Waals surface area contributed by atoms with Crippen LogP contribution >= 0.6 is 0 Å². The molecule has 1 atom stereocenters. The number of anilines is 1. The highest BCUT2D eigenvalue weighted by Gasteiger charge is 2.31. The van der Waals surface area contributed by atoms with E-state index in [4.69, 9.17) is 0 Å². The van der Waals surface area contributed by atoms with Crippen LogP contribution in [0.1, 0.15) is 11.1 Å². The summed E-state index contributed by atoms with van der Waals surface area (Å²) in [7, 11) is 3.35. The second-order valence-electron chi connectivity index (χ2n) is 7.33. The first-order valence-corrected chi connectivity index (χ1v) is 9.46. The second kappa shape index (κ2) is 7.38. The Labute approximate surface area is 164 Å². The van der Waals surface area contributed by atoms with Crippen molar-refractivity contribution in [1.82, 2.24) is 15.2 Å². The molecule has 0 radical (unpaired) electrons. The zero-order valence-corrected chi connectivity index (χ0v) is 16.1. The Morgan fingerprint density at radius 3 is 2.71 bits per heavy atom. The van der Waals surface area contributed by atoms with E-state index in [1.807, 2.05) is 48.7 Å². The molecular formula is C22H24N4O2. The fraction of sp³-hybridized carbons (Fsp3) is 0.273. The molecule has 144 valence electrons. The lowest BCUT2D eigenvalue weighted by molar-refractivity contribution is -0.120. The van der Waals surface area contributed by atoms with E-state index < -0.39 is 6.04 Å². The summed E-state index contributed by atoms with van der Waals surface area (Å²) in [6.07, 6.45) is 3.19. The van der Waals surface area contributed by atoms with E-state index in [0.717, 1.165) is 28.6 Å². The molecule has 1 aromatic heterocycles. The zero-order chi connectivity index (χ0) is 19.7. The van der Waals surface area contributed by atoms with Gasteiger partial charge in [-0.15, -0.1) is 0 Å². The Kier molecular flexibility index (Phi) is 4.77. The van der Waals surface area contributed by atoms with Gasteiger partial charge in [0.1, 0.15) is 6.04 Å². The molecule has 0 unspecified atom stereocenters. The Morgan fingerprint density at radius 1 is 1.14 bits per heavy atom. The number of para-hydroxylation sites is 2. The highest BCUT2D eigenvalue weighted by molar-refractivity contribution is 6.01. The average molecular weight is 376 g/mol. The highest BCUT2D eigenvalue weighted by Crippen LogP contribution is 2.29. The van der Waals surface area contributed by atoms with Crippen molar-refractivity contribution in [3.05, 3.63) is 65.9 Å². The largest absolute Gasteiger partial charge is 0.361 e. The first-order chi connectivity index (χ1) is 13.5. The van der Waals surface area contributed by atoms with Crippen molar-refractivity contribution in [2.45, 2.75) is 18.9 Å². The third-order valence-electron chi connectivity index (χ3n) is 5.25. The summed E-state index contributed by atoms with van der Waals surface area (Å²) in [5.41, 5.74) is 4.14. The van der Waals surface area contributed by atoms with Gasteiger partial charge < -0.3 is 20.1 Å². The molecule has 2 heterocycles. The SMILES string of the molecule is CN(C)C(=O)N[C@@H](Cc1c[nH]c2ccccc12)C(=O)N1CCc2ccccc21. The van der Waals surface area contributed by atoms with Crippen LogP contribution < -0.4 is 10.2 Å². The van der Waals surface area contributed by atoms with Gasteiger partial charge in [0.2, 0.25) is 5.91 Å². The van der Waals surface area contributed by atoms with Gasteiger partial charge >= 0.3 is 6.03 Å². The summed E-state index contributed by atoms with van der Waals surface area (Å²) >= 11 is 0. The molecule has 3 aromatic rings. The monoisotopic (exact) mass is 376 g/mol. The summed E-state index contributed by atoms with van der Waals surface area (Å²) in [5, 5.41) is 3.98. The van der Waals surface area contributed by atoms with Crippen LogP contribution in [0, 0.1) is 0 Å². The summed E-state index contributed by atoms with van der Waals surface area (Å²) < 4.78 is 0. The quantitative estimate of drug-likeness (QED) is 0.735. The molecule has 28 heavy (non-hydrogen) atoms. The van der Waals surface area contributed by atoms with Crippen molar-refractivity contribution < 1.29 is 9.59 Å². The molecular weight excluding hydrogens is 352 g/mol. The fourth-order valence-corrected chi connectivity index (χ4v) is 3.75. The Bertz CT molecular complexity index is 1020. The third kappa shape index (κ3) is 3.33. The van der Waals surface area contributed by atoms with Gasteiger partial charge in [0.15, 0.2) is 0 Å². The predicted molar refractivity (Wildman–Crippen MR) is 111 cm³/mol. The second-order valence-corrected chi connectivity index (χ2v) is 7.33. The number of H-pyrrole nitrogens is 1. The number of fused-ring (bicyclic) bond motifs is 2. The van der Waals surface area contributed by atoms with Crippen LogP contribution in [0.15, 0.2) is 54.7 Å². The number of nitrogens with zero attached hydrogens (tertiary/aromatic N) is 2. The number of amides is 3. The molecule has 0 aliphatic carbocycles. The summed E-state index contributed by atoms with van der Waals surface area (Å²) in [5.74, 6) is -0.0783. The van der Waals surface area contributed by atoms with E-state index in [9.17, 15) is 9.59 Å². The molecule has 0 bridgehead atoms. The topological polar surface area (TPSA) is 68.4 Å². The van der Waals surface area contributed by atoms with Gasteiger partial charge in [-0.05, 0) is 29.7 Å². The van der Waals surface area contributed by atoms with E-state index in [0.29, 0.717) is 13.0 Å². The number of nitrogens with one attached hydrogen (secondary N) is 2. The van der Waals surface area contributed by atoms with Crippen molar-refractivity contribution in [3.8, 4) is 0 Å². The lowest BCUT2D eigenvalue weighted by Gasteiger charge is -2.26. The summed E-state index contributed by atoms with van der Waals surface area (Å²) in [6, 6.07) is 15.0. The van der Waals surface area contributed by atoms with Crippen LogP contribution in [0.3, 0.4) is 0 Å². The van der Waals surface area contributed by atoms with E-state index >= 15 is 0 Å².